The molecule has 2 heterocycles. The molecule has 1 saturated heterocycles. The van der Waals surface area contributed by atoms with Gasteiger partial charge in [-0.1, -0.05) is 6.07 Å². The van der Waals surface area contributed by atoms with Crippen LogP contribution >= 0.6 is 0 Å². The molecule has 0 radical (unpaired) electrons. The third-order valence-corrected chi connectivity index (χ3v) is 2.69. The summed E-state index contributed by atoms with van der Waals surface area (Å²) in [6.45, 7) is 0.946. The number of aromatic nitrogens is 1. The van der Waals surface area contributed by atoms with Gasteiger partial charge in [0.1, 0.15) is 5.92 Å². The fraction of sp³-hybridized carbons (Fsp3) is 0.364. The van der Waals surface area contributed by atoms with Gasteiger partial charge in [0.2, 0.25) is 5.91 Å². The van der Waals surface area contributed by atoms with E-state index < -0.39 is 11.9 Å². The summed E-state index contributed by atoms with van der Waals surface area (Å²) in [5, 5.41) is 8.81. The van der Waals surface area contributed by atoms with E-state index in [1.54, 1.807) is 23.4 Å². The van der Waals surface area contributed by atoms with Gasteiger partial charge in [0.15, 0.2) is 0 Å². The molecule has 1 N–H and O–H groups in total. The summed E-state index contributed by atoms with van der Waals surface area (Å²) in [5.41, 5.74) is 0.918. The van der Waals surface area contributed by atoms with Crippen LogP contribution in [0.15, 0.2) is 24.5 Å². The van der Waals surface area contributed by atoms with E-state index in [0.29, 0.717) is 19.5 Å². The van der Waals surface area contributed by atoms with E-state index in [9.17, 15) is 9.59 Å². The first-order valence-electron chi connectivity index (χ1n) is 5.09. The van der Waals surface area contributed by atoms with Crippen LogP contribution in [-0.2, 0) is 16.1 Å². The molecule has 84 valence electrons. The van der Waals surface area contributed by atoms with Crippen LogP contribution in [0.4, 0.5) is 0 Å². The van der Waals surface area contributed by atoms with Crippen LogP contribution in [0.2, 0.25) is 0 Å². The fourth-order valence-electron chi connectivity index (χ4n) is 1.84. The molecule has 0 bridgehead atoms. The molecule has 5 nitrogen and oxygen atoms in total. The second-order valence-corrected chi connectivity index (χ2v) is 3.80. The lowest BCUT2D eigenvalue weighted by molar-refractivity contribution is -0.147. The molecule has 1 atom stereocenters. The number of likely N-dealkylation sites (tertiary alicyclic amines) is 1. The lowest BCUT2D eigenvalue weighted by Gasteiger charge is -2.15. The van der Waals surface area contributed by atoms with E-state index in [-0.39, 0.29) is 5.91 Å². The second-order valence-electron chi connectivity index (χ2n) is 3.80. The quantitative estimate of drug-likeness (QED) is 0.754. The fourth-order valence-corrected chi connectivity index (χ4v) is 1.84. The number of nitrogens with zero attached hydrogens (tertiary/aromatic N) is 2. The Bertz CT molecular complexity index is 405. The number of aliphatic carboxylic acids is 1. The van der Waals surface area contributed by atoms with Crippen molar-refractivity contribution in [1.82, 2.24) is 9.88 Å². The Hall–Kier alpha value is -1.91. The number of hydrogen-bond donors (Lipinski definition) is 1. The lowest BCUT2D eigenvalue weighted by Crippen LogP contribution is -2.29. The Morgan fingerprint density at radius 1 is 1.62 bits per heavy atom. The van der Waals surface area contributed by atoms with Crippen molar-refractivity contribution in [3.05, 3.63) is 30.1 Å². The molecule has 1 aliphatic rings. The Labute approximate surface area is 92.7 Å². The van der Waals surface area contributed by atoms with Gasteiger partial charge >= 0.3 is 5.97 Å². The summed E-state index contributed by atoms with van der Waals surface area (Å²) >= 11 is 0. The monoisotopic (exact) mass is 220 g/mol. The predicted octanol–water partition coefficient (Wildman–Crippen LogP) is 0.515. The third-order valence-electron chi connectivity index (χ3n) is 2.69. The summed E-state index contributed by atoms with van der Waals surface area (Å²) in [7, 11) is 0. The van der Waals surface area contributed by atoms with Crippen molar-refractivity contribution in [3.63, 3.8) is 0 Å². The highest BCUT2D eigenvalue weighted by Crippen LogP contribution is 2.20. The minimum atomic E-state index is -1.03. The van der Waals surface area contributed by atoms with Crippen molar-refractivity contribution in [3.8, 4) is 0 Å². The maximum atomic E-state index is 11.7. The van der Waals surface area contributed by atoms with Gasteiger partial charge < -0.3 is 10.0 Å². The zero-order valence-corrected chi connectivity index (χ0v) is 8.67. The molecule has 0 aromatic carbocycles. The zero-order valence-electron chi connectivity index (χ0n) is 8.67. The van der Waals surface area contributed by atoms with Crippen LogP contribution in [0.5, 0.6) is 0 Å². The van der Waals surface area contributed by atoms with E-state index >= 15 is 0 Å². The molecule has 16 heavy (non-hydrogen) atoms. The highest BCUT2D eigenvalue weighted by molar-refractivity contribution is 5.98. The average molecular weight is 220 g/mol. The summed E-state index contributed by atoms with van der Waals surface area (Å²) < 4.78 is 0. The van der Waals surface area contributed by atoms with Gasteiger partial charge in [-0.25, -0.2) is 0 Å². The smallest absolute Gasteiger partial charge is 0.316 e. The third kappa shape index (κ3) is 2.03. The van der Waals surface area contributed by atoms with Gasteiger partial charge in [-0.15, -0.1) is 0 Å². The minimum absolute atomic E-state index is 0.295. The van der Waals surface area contributed by atoms with Crippen LogP contribution in [-0.4, -0.2) is 33.4 Å². The van der Waals surface area contributed by atoms with Crippen molar-refractivity contribution < 1.29 is 14.7 Å². The van der Waals surface area contributed by atoms with Gasteiger partial charge in [-0.05, 0) is 18.1 Å². The molecule has 2 rings (SSSR count). The van der Waals surface area contributed by atoms with E-state index in [1.807, 2.05) is 6.07 Å². The SMILES string of the molecule is O=C(O)C1CCN(Cc2cccnc2)C1=O. The molecule has 1 fully saturated rings. The molecule has 1 unspecified atom stereocenters. The number of amides is 1. The molecule has 1 amide bonds. The zero-order chi connectivity index (χ0) is 11.5. The van der Waals surface area contributed by atoms with Crippen molar-refractivity contribution in [2.24, 2.45) is 5.92 Å². The molecule has 1 aromatic heterocycles. The molecule has 5 heteroatoms. The number of rotatable bonds is 3. The van der Waals surface area contributed by atoms with Gasteiger partial charge in [0.05, 0.1) is 0 Å². The summed E-state index contributed by atoms with van der Waals surface area (Å²) in [6, 6.07) is 3.67. The largest absolute Gasteiger partial charge is 0.481 e. The first kappa shape index (κ1) is 10.6. The number of carbonyl (C=O) groups is 2. The van der Waals surface area contributed by atoms with Crippen LogP contribution in [0.25, 0.3) is 0 Å². The Morgan fingerprint density at radius 3 is 3.00 bits per heavy atom. The van der Waals surface area contributed by atoms with Crippen LogP contribution in [0.1, 0.15) is 12.0 Å². The lowest BCUT2D eigenvalue weighted by atomic mass is 10.1. The molecular weight excluding hydrogens is 208 g/mol. The highest BCUT2D eigenvalue weighted by Gasteiger charge is 2.36. The standard InChI is InChI=1S/C11H12N2O3/c14-10-9(11(15)16)3-5-13(10)7-8-2-1-4-12-6-8/h1-2,4,6,9H,3,5,7H2,(H,15,16). The Kier molecular flexibility index (Phi) is 2.85. The molecular formula is C11H12N2O3. The number of pyridine rings is 1. The number of carboxylic acids is 1. The maximum Gasteiger partial charge on any atom is 0.316 e. The summed E-state index contributed by atoms with van der Waals surface area (Å²) in [5.74, 6) is -2.19. The highest BCUT2D eigenvalue weighted by atomic mass is 16.4. The van der Waals surface area contributed by atoms with Crippen LogP contribution < -0.4 is 0 Å². The number of carbonyl (C=O) groups excluding carboxylic acids is 1. The van der Waals surface area contributed by atoms with E-state index in [2.05, 4.69) is 4.98 Å². The molecule has 1 aromatic rings. The molecule has 0 saturated carbocycles. The van der Waals surface area contributed by atoms with Gasteiger partial charge in [-0.2, -0.15) is 0 Å². The Balaban J connectivity index is 2.03. The number of hydrogen-bond acceptors (Lipinski definition) is 3. The van der Waals surface area contributed by atoms with Gasteiger partial charge in [0.25, 0.3) is 0 Å². The second kappa shape index (κ2) is 4.30. The molecule has 0 spiro atoms. The van der Waals surface area contributed by atoms with E-state index in [0.717, 1.165) is 5.56 Å². The normalized spacial score (nSPS) is 20.1. The van der Waals surface area contributed by atoms with Crippen LogP contribution in [0.3, 0.4) is 0 Å². The van der Waals surface area contributed by atoms with Crippen molar-refractivity contribution in [1.29, 1.82) is 0 Å². The first-order valence-corrected chi connectivity index (χ1v) is 5.09. The average Bonchev–Trinajstić information content (AvgIpc) is 2.62. The minimum Gasteiger partial charge on any atom is -0.481 e. The van der Waals surface area contributed by atoms with E-state index in [4.69, 9.17) is 5.11 Å². The van der Waals surface area contributed by atoms with Crippen molar-refractivity contribution in [2.75, 3.05) is 6.54 Å². The number of carboxylic acid groups (broad SMARTS) is 1. The van der Waals surface area contributed by atoms with Crippen molar-refractivity contribution >= 4 is 11.9 Å². The predicted molar refractivity (Wildman–Crippen MR) is 55.4 cm³/mol. The summed E-state index contributed by atoms with van der Waals surface area (Å²) in [4.78, 5) is 27.9. The first-order chi connectivity index (χ1) is 7.68. The molecule has 1 aliphatic heterocycles. The molecule has 0 aliphatic carbocycles. The van der Waals surface area contributed by atoms with Crippen LogP contribution in [0, 0.1) is 5.92 Å². The van der Waals surface area contributed by atoms with Gasteiger partial charge in [-0.3, -0.25) is 14.6 Å². The summed E-state index contributed by atoms with van der Waals surface area (Å²) in [6.07, 6.45) is 3.74. The Morgan fingerprint density at radius 2 is 2.44 bits per heavy atom. The topological polar surface area (TPSA) is 70.5 Å². The van der Waals surface area contributed by atoms with E-state index in [1.165, 1.54) is 0 Å². The maximum absolute atomic E-state index is 11.7. The van der Waals surface area contributed by atoms with Gasteiger partial charge in [0, 0.05) is 25.5 Å². The van der Waals surface area contributed by atoms with Crippen molar-refractivity contribution in [2.45, 2.75) is 13.0 Å².